The highest BCUT2D eigenvalue weighted by Crippen LogP contribution is 2.34. The molecule has 1 aromatic rings. The fraction of sp³-hybridized carbons (Fsp3) is 0.619. The lowest BCUT2D eigenvalue weighted by Crippen LogP contribution is -2.48. The molecule has 1 atom stereocenters. The number of carbonyl (C=O) groups is 2. The average Bonchev–Trinajstić information content (AvgIpc) is 3.08. The van der Waals surface area contributed by atoms with E-state index in [4.69, 9.17) is 4.74 Å². The van der Waals surface area contributed by atoms with Gasteiger partial charge in [-0.2, -0.15) is 0 Å². The molecule has 1 N–H and O–H groups in total. The fourth-order valence-corrected chi connectivity index (χ4v) is 4.18. The maximum atomic E-state index is 13.3. The summed E-state index contributed by atoms with van der Waals surface area (Å²) >= 11 is 0. The number of anilines is 1. The van der Waals surface area contributed by atoms with E-state index in [1.54, 1.807) is 12.0 Å². The summed E-state index contributed by atoms with van der Waals surface area (Å²) in [7, 11) is 1.61. The molecule has 0 aromatic heterocycles. The van der Waals surface area contributed by atoms with Gasteiger partial charge in [-0.15, -0.1) is 12.4 Å². The first-order valence-electron chi connectivity index (χ1n) is 10.0. The number of hydrogen-bond donors (Lipinski definition) is 1. The average molecular weight is 410 g/mol. The topological polar surface area (TPSA) is 61.9 Å². The number of benzene rings is 1. The number of hydrogen-bond acceptors (Lipinski definition) is 4. The van der Waals surface area contributed by atoms with E-state index in [0.29, 0.717) is 12.3 Å². The monoisotopic (exact) mass is 409 g/mol. The Kier molecular flexibility index (Phi) is 8.13. The largest absolute Gasteiger partial charge is 0.495 e. The minimum absolute atomic E-state index is 0. The second kappa shape index (κ2) is 10.1. The predicted octanol–water partition coefficient (Wildman–Crippen LogP) is 2.77. The van der Waals surface area contributed by atoms with Gasteiger partial charge >= 0.3 is 0 Å². The van der Waals surface area contributed by atoms with Gasteiger partial charge in [0.15, 0.2) is 0 Å². The lowest BCUT2D eigenvalue weighted by Gasteiger charge is -2.36. The summed E-state index contributed by atoms with van der Waals surface area (Å²) in [6.07, 6.45) is 3.19. The maximum Gasteiger partial charge on any atom is 0.228 e. The van der Waals surface area contributed by atoms with Crippen LogP contribution < -0.4 is 15.0 Å². The molecule has 28 heavy (non-hydrogen) atoms. The van der Waals surface area contributed by atoms with Crippen LogP contribution in [0.4, 0.5) is 5.69 Å². The molecule has 2 heterocycles. The second-order valence-electron chi connectivity index (χ2n) is 7.59. The molecule has 0 radical (unpaired) electrons. The summed E-state index contributed by atoms with van der Waals surface area (Å²) in [5.74, 6) is 0.528. The third kappa shape index (κ3) is 4.78. The molecule has 1 aromatic carbocycles. The van der Waals surface area contributed by atoms with E-state index in [1.165, 1.54) is 0 Å². The van der Waals surface area contributed by atoms with Gasteiger partial charge in [-0.25, -0.2) is 0 Å². The van der Waals surface area contributed by atoms with Crippen molar-refractivity contribution in [1.29, 1.82) is 0 Å². The summed E-state index contributed by atoms with van der Waals surface area (Å²) in [6, 6.07) is 6.09. The van der Waals surface area contributed by atoms with Crippen LogP contribution in [0.25, 0.3) is 0 Å². The smallest absolute Gasteiger partial charge is 0.228 e. The van der Waals surface area contributed by atoms with Crippen molar-refractivity contribution in [3.8, 4) is 5.75 Å². The van der Waals surface area contributed by atoms with E-state index < -0.39 is 0 Å². The van der Waals surface area contributed by atoms with Gasteiger partial charge in [0.25, 0.3) is 0 Å². The highest BCUT2D eigenvalue weighted by atomic mass is 35.5. The van der Waals surface area contributed by atoms with Crippen molar-refractivity contribution in [2.45, 2.75) is 45.6 Å². The van der Waals surface area contributed by atoms with Crippen LogP contribution in [0.5, 0.6) is 5.75 Å². The molecule has 2 fully saturated rings. The Balaban J connectivity index is 0.00000280. The van der Waals surface area contributed by atoms with Crippen molar-refractivity contribution < 1.29 is 14.3 Å². The maximum absolute atomic E-state index is 13.3. The van der Waals surface area contributed by atoms with E-state index in [9.17, 15) is 9.59 Å². The number of aryl methyl sites for hydroxylation is 1. The molecule has 2 amide bonds. The van der Waals surface area contributed by atoms with Crippen LogP contribution in [0, 0.1) is 12.8 Å². The Hall–Kier alpha value is -1.79. The highest BCUT2D eigenvalue weighted by molar-refractivity contribution is 6.01. The Labute approximate surface area is 174 Å². The minimum Gasteiger partial charge on any atom is -0.495 e. The van der Waals surface area contributed by atoms with Gasteiger partial charge in [0.2, 0.25) is 11.8 Å². The van der Waals surface area contributed by atoms with Crippen molar-refractivity contribution in [2.24, 2.45) is 5.92 Å². The molecule has 2 aliphatic heterocycles. The molecule has 6 nitrogen and oxygen atoms in total. The summed E-state index contributed by atoms with van der Waals surface area (Å²) in [5.41, 5.74) is 1.83. The molecule has 0 saturated carbocycles. The highest BCUT2D eigenvalue weighted by Gasteiger charge is 2.39. The summed E-state index contributed by atoms with van der Waals surface area (Å²) in [6.45, 7) is 7.20. The quantitative estimate of drug-likeness (QED) is 0.784. The normalized spacial score (nSPS) is 20.0. The minimum atomic E-state index is -0.274. The second-order valence-corrected chi connectivity index (χ2v) is 7.59. The van der Waals surface area contributed by atoms with Crippen LogP contribution in [0.1, 0.15) is 38.2 Å². The van der Waals surface area contributed by atoms with Crippen molar-refractivity contribution in [1.82, 2.24) is 10.2 Å². The van der Waals surface area contributed by atoms with E-state index in [0.717, 1.165) is 50.1 Å². The van der Waals surface area contributed by atoms with Gasteiger partial charge in [-0.3, -0.25) is 9.59 Å². The molecule has 0 spiro atoms. The zero-order valence-electron chi connectivity index (χ0n) is 17.1. The summed E-state index contributed by atoms with van der Waals surface area (Å²) < 4.78 is 5.44. The Bertz CT molecular complexity index is 691. The van der Waals surface area contributed by atoms with Crippen LogP contribution in [-0.4, -0.2) is 56.0 Å². The first-order valence-corrected chi connectivity index (χ1v) is 10.0. The van der Waals surface area contributed by atoms with Crippen LogP contribution in [0.3, 0.4) is 0 Å². The predicted molar refractivity (Wildman–Crippen MR) is 113 cm³/mol. The van der Waals surface area contributed by atoms with Gasteiger partial charge < -0.3 is 19.9 Å². The van der Waals surface area contributed by atoms with Crippen LogP contribution in [0.15, 0.2) is 18.2 Å². The standard InChI is InChI=1S/C21H31N3O3.ClH/c1-4-11-23(17-7-9-22-10-8-17)21(26)16-13-20(25)24(14-16)18-12-15(2)5-6-19(18)27-3;/h5-6,12,16-17,22H,4,7-11,13-14H2,1-3H3;1H. The van der Waals surface area contributed by atoms with Crippen LogP contribution in [-0.2, 0) is 9.59 Å². The molecular weight excluding hydrogens is 378 g/mol. The first kappa shape index (κ1) is 22.5. The molecule has 2 aliphatic rings. The lowest BCUT2D eigenvalue weighted by atomic mass is 10.0. The number of methoxy groups -OCH3 is 1. The van der Waals surface area contributed by atoms with Crippen molar-refractivity contribution in [3.05, 3.63) is 23.8 Å². The van der Waals surface area contributed by atoms with E-state index in [-0.39, 0.29) is 42.6 Å². The molecule has 156 valence electrons. The van der Waals surface area contributed by atoms with Crippen LogP contribution in [0.2, 0.25) is 0 Å². The number of halogens is 1. The third-order valence-corrected chi connectivity index (χ3v) is 5.60. The van der Waals surface area contributed by atoms with Gasteiger partial charge in [0.05, 0.1) is 18.7 Å². The summed E-state index contributed by atoms with van der Waals surface area (Å²) in [4.78, 5) is 29.7. The van der Waals surface area contributed by atoms with Gasteiger partial charge in [-0.05, 0) is 57.0 Å². The number of carbonyl (C=O) groups excluding carboxylic acids is 2. The zero-order chi connectivity index (χ0) is 19.4. The van der Waals surface area contributed by atoms with Gasteiger partial charge in [-0.1, -0.05) is 13.0 Å². The number of piperidine rings is 1. The summed E-state index contributed by atoms with van der Waals surface area (Å²) in [5, 5.41) is 3.36. The lowest BCUT2D eigenvalue weighted by molar-refractivity contribution is -0.138. The molecule has 0 aliphatic carbocycles. The molecule has 0 bridgehead atoms. The molecule has 3 rings (SSSR count). The van der Waals surface area contributed by atoms with E-state index in [1.807, 2.05) is 30.0 Å². The van der Waals surface area contributed by atoms with Gasteiger partial charge in [0, 0.05) is 25.6 Å². The van der Waals surface area contributed by atoms with Gasteiger partial charge in [0.1, 0.15) is 5.75 Å². The van der Waals surface area contributed by atoms with E-state index in [2.05, 4.69) is 12.2 Å². The number of amides is 2. The zero-order valence-corrected chi connectivity index (χ0v) is 17.9. The number of nitrogens with zero attached hydrogens (tertiary/aromatic N) is 2. The van der Waals surface area contributed by atoms with Crippen molar-refractivity contribution in [3.63, 3.8) is 0 Å². The molecular formula is C21H32ClN3O3. The van der Waals surface area contributed by atoms with Crippen LogP contribution >= 0.6 is 12.4 Å². The molecule has 1 unspecified atom stereocenters. The fourth-order valence-electron chi connectivity index (χ4n) is 4.18. The Morgan fingerprint density at radius 2 is 2.04 bits per heavy atom. The third-order valence-electron chi connectivity index (χ3n) is 5.60. The molecule has 7 heteroatoms. The van der Waals surface area contributed by atoms with Crippen molar-refractivity contribution >= 4 is 29.9 Å². The SMILES string of the molecule is CCCN(C(=O)C1CC(=O)N(c2cc(C)ccc2OC)C1)C1CCNCC1.Cl. The Morgan fingerprint density at radius 1 is 1.32 bits per heavy atom. The number of nitrogens with one attached hydrogen (secondary N) is 1. The first-order chi connectivity index (χ1) is 13.0. The number of ether oxygens (including phenoxy) is 1. The number of rotatable bonds is 6. The Morgan fingerprint density at radius 3 is 2.68 bits per heavy atom. The van der Waals surface area contributed by atoms with E-state index >= 15 is 0 Å². The molecule has 2 saturated heterocycles. The van der Waals surface area contributed by atoms with Crippen molar-refractivity contribution in [2.75, 3.05) is 38.2 Å².